The van der Waals surface area contributed by atoms with Gasteiger partial charge in [0.2, 0.25) is 0 Å². The van der Waals surface area contributed by atoms with Gasteiger partial charge in [-0.3, -0.25) is 0 Å². The maximum absolute atomic E-state index is 6.31. The fourth-order valence-corrected chi connectivity index (χ4v) is 2.90. The van der Waals surface area contributed by atoms with Crippen molar-refractivity contribution >= 4 is 0 Å². The number of ether oxygens (including phenoxy) is 1. The first-order valence-corrected chi connectivity index (χ1v) is 6.55. The van der Waals surface area contributed by atoms with Gasteiger partial charge in [-0.25, -0.2) is 0 Å². The Morgan fingerprint density at radius 2 is 2.12 bits per heavy atom. The van der Waals surface area contributed by atoms with E-state index in [0.717, 1.165) is 19.3 Å². The van der Waals surface area contributed by atoms with Gasteiger partial charge in [0, 0.05) is 5.92 Å². The lowest BCUT2D eigenvalue weighted by molar-refractivity contribution is -0.0458. The molecule has 1 aromatic rings. The van der Waals surface area contributed by atoms with Crippen molar-refractivity contribution in [3.05, 3.63) is 48.6 Å². The minimum Gasteiger partial charge on any atom is -0.367 e. The third-order valence-corrected chi connectivity index (χ3v) is 3.87. The summed E-state index contributed by atoms with van der Waals surface area (Å²) in [6.07, 6.45) is 5.62. The van der Waals surface area contributed by atoms with E-state index in [2.05, 4.69) is 56.8 Å². The van der Waals surface area contributed by atoms with Crippen molar-refractivity contribution in [2.75, 3.05) is 0 Å². The van der Waals surface area contributed by atoms with Crippen molar-refractivity contribution in [3.8, 4) is 0 Å². The van der Waals surface area contributed by atoms with Crippen LogP contribution in [-0.2, 0) is 4.74 Å². The van der Waals surface area contributed by atoms with Crippen LogP contribution >= 0.6 is 0 Å². The average molecular weight is 230 g/mol. The van der Waals surface area contributed by atoms with Crippen LogP contribution in [0.3, 0.4) is 0 Å². The van der Waals surface area contributed by atoms with Gasteiger partial charge in [0.25, 0.3) is 0 Å². The average Bonchev–Trinajstić information content (AvgIpc) is 2.68. The topological polar surface area (TPSA) is 9.23 Å². The van der Waals surface area contributed by atoms with Crippen LogP contribution < -0.4 is 0 Å². The Morgan fingerprint density at radius 3 is 2.71 bits per heavy atom. The summed E-state index contributed by atoms with van der Waals surface area (Å²) in [5, 5.41) is 0. The van der Waals surface area contributed by atoms with Gasteiger partial charge in [-0.05, 0) is 25.3 Å². The third-order valence-electron chi connectivity index (χ3n) is 3.87. The molecule has 1 aliphatic rings. The molecular formula is C16H22O. The van der Waals surface area contributed by atoms with Crippen molar-refractivity contribution in [1.82, 2.24) is 0 Å². The van der Waals surface area contributed by atoms with Crippen molar-refractivity contribution in [3.63, 3.8) is 0 Å². The molecule has 0 amide bonds. The second-order valence-corrected chi connectivity index (χ2v) is 5.16. The quantitative estimate of drug-likeness (QED) is 0.691. The molecule has 1 nitrogen and oxygen atoms in total. The molecule has 3 atom stereocenters. The summed E-state index contributed by atoms with van der Waals surface area (Å²) in [7, 11) is 0. The van der Waals surface area contributed by atoms with E-state index >= 15 is 0 Å². The highest BCUT2D eigenvalue weighted by atomic mass is 16.5. The van der Waals surface area contributed by atoms with E-state index in [1.165, 1.54) is 5.56 Å². The normalized spacial score (nSPS) is 32.6. The molecule has 0 N–H and O–H groups in total. The van der Waals surface area contributed by atoms with Crippen LogP contribution in [0, 0.1) is 5.92 Å². The monoisotopic (exact) mass is 230 g/mol. The molecule has 3 unspecified atom stereocenters. The van der Waals surface area contributed by atoms with E-state index in [4.69, 9.17) is 4.74 Å². The van der Waals surface area contributed by atoms with Gasteiger partial charge in [0.05, 0.1) is 11.7 Å². The minimum atomic E-state index is -0.0307. The van der Waals surface area contributed by atoms with Crippen LogP contribution in [0.5, 0.6) is 0 Å². The fraction of sp³-hybridized carbons (Fsp3) is 0.500. The van der Waals surface area contributed by atoms with Gasteiger partial charge in [0.15, 0.2) is 0 Å². The summed E-state index contributed by atoms with van der Waals surface area (Å²) in [6.45, 7) is 8.41. The van der Waals surface area contributed by atoms with Crippen LogP contribution in [-0.4, -0.2) is 5.60 Å². The molecule has 1 aromatic carbocycles. The van der Waals surface area contributed by atoms with Crippen molar-refractivity contribution in [1.29, 1.82) is 0 Å². The summed E-state index contributed by atoms with van der Waals surface area (Å²) in [5.74, 6) is 0.465. The smallest absolute Gasteiger partial charge is 0.0839 e. The Labute approximate surface area is 104 Å². The predicted octanol–water partition coefficient (Wildman–Crippen LogP) is 4.51. The lowest BCUT2D eigenvalue weighted by Crippen LogP contribution is -2.30. The van der Waals surface area contributed by atoms with E-state index in [-0.39, 0.29) is 11.7 Å². The summed E-state index contributed by atoms with van der Waals surface area (Å²) >= 11 is 0. The van der Waals surface area contributed by atoms with Gasteiger partial charge in [0.1, 0.15) is 0 Å². The molecule has 1 fully saturated rings. The summed E-state index contributed by atoms with van der Waals surface area (Å²) in [6, 6.07) is 10.5. The highest BCUT2D eigenvalue weighted by molar-refractivity contribution is 5.20. The first-order chi connectivity index (χ1) is 8.19. The molecule has 0 bridgehead atoms. The standard InChI is InChI=1S/C16H22O/c1-4-11-16(3)14(5-2)12-15(17-16)13-9-7-6-8-10-13/h5-10,14-15H,2,4,11-12H2,1,3H3. The van der Waals surface area contributed by atoms with E-state index in [0.29, 0.717) is 5.92 Å². The second-order valence-electron chi connectivity index (χ2n) is 5.16. The van der Waals surface area contributed by atoms with Crippen LogP contribution in [0.1, 0.15) is 44.8 Å². The van der Waals surface area contributed by atoms with Gasteiger partial charge < -0.3 is 4.74 Å². The predicted molar refractivity (Wildman–Crippen MR) is 71.9 cm³/mol. The molecule has 0 saturated carbocycles. The lowest BCUT2D eigenvalue weighted by atomic mass is 9.84. The summed E-state index contributed by atoms with van der Waals surface area (Å²) < 4.78 is 6.31. The Morgan fingerprint density at radius 1 is 1.41 bits per heavy atom. The largest absolute Gasteiger partial charge is 0.367 e. The zero-order valence-electron chi connectivity index (χ0n) is 10.9. The molecule has 1 saturated heterocycles. The fourth-order valence-electron chi connectivity index (χ4n) is 2.90. The molecule has 1 heterocycles. The van der Waals surface area contributed by atoms with Crippen molar-refractivity contribution in [2.45, 2.75) is 44.8 Å². The molecule has 1 aliphatic heterocycles. The van der Waals surface area contributed by atoms with E-state index in [1.54, 1.807) is 0 Å². The van der Waals surface area contributed by atoms with Gasteiger partial charge >= 0.3 is 0 Å². The Hall–Kier alpha value is -1.08. The maximum atomic E-state index is 6.31. The van der Waals surface area contributed by atoms with E-state index in [9.17, 15) is 0 Å². The van der Waals surface area contributed by atoms with Crippen LogP contribution in [0.25, 0.3) is 0 Å². The minimum absolute atomic E-state index is 0.0307. The molecule has 0 aromatic heterocycles. The van der Waals surface area contributed by atoms with E-state index in [1.807, 2.05) is 0 Å². The van der Waals surface area contributed by atoms with Crippen LogP contribution in [0.2, 0.25) is 0 Å². The van der Waals surface area contributed by atoms with Crippen molar-refractivity contribution < 1.29 is 4.74 Å². The first-order valence-electron chi connectivity index (χ1n) is 6.55. The van der Waals surface area contributed by atoms with Crippen LogP contribution in [0.4, 0.5) is 0 Å². The molecule has 17 heavy (non-hydrogen) atoms. The molecule has 1 heteroatoms. The molecule has 92 valence electrons. The zero-order valence-corrected chi connectivity index (χ0v) is 10.9. The van der Waals surface area contributed by atoms with Gasteiger partial charge in [-0.1, -0.05) is 49.8 Å². The molecule has 0 spiro atoms. The van der Waals surface area contributed by atoms with Gasteiger partial charge in [-0.15, -0.1) is 6.58 Å². The van der Waals surface area contributed by atoms with Crippen LogP contribution in [0.15, 0.2) is 43.0 Å². The molecule has 0 aliphatic carbocycles. The summed E-state index contributed by atoms with van der Waals surface area (Å²) in [5.41, 5.74) is 1.26. The first kappa shape index (κ1) is 12.4. The molecular weight excluding hydrogens is 208 g/mol. The highest BCUT2D eigenvalue weighted by Crippen LogP contribution is 2.46. The SMILES string of the molecule is C=CC1CC(c2ccccc2)OC1(C)CCC. The van der Waals surface area contributed by atoms with Gasteiger partial charge in [-0.2, -0.15) is 0 Å². The number of hydrogen-bond acceptors (Lipinski definition) is 1. The Bertz CT molecular complexity index is 370. The number of benzene rings is 1. The van der Waals surface area contributed by atoms with Crippen molar-refractivity contribution in [2.24, 2.45) is 5.92 Å². The Kier molecular flexibility index (Phi) is 3.68. The Balaban J connectivity index is 2.18. The third kappa shape index (κ3) is 2.44. The zero-order chi connectivity index (χ0) is 12.3. The number of hydrogen-bond donors (Lipinski definition) is 0. The van der Waals surface area contributed by atoms with E-state index < -0.39 is 0 Å². The summed E-state index contributed by atoms with van der Waals surface area (Å²) in [4.78, 5) is 0. The number of rotatable bonds is 4. The second kappa shape index (κ2) is 5.05. The lowest BCUT2D eigenvalue weighted by Gasteiger charge is -2.28. The highest BCUT2D eigenvalue weighted by Gasteiger charge is 2.42. The molecule has 2 rings (SSSR count). The maximum Gasteiger partial charge on any atom is 0.0839 e. The molecule has 0 radical (unpaired) electrons.